The molecule has 2 amide bonds. The van der Waals surface area contributed by atoms with Crippen LogP contribution in [-0.4, -0.2) is 24.6 Å². The molecule has 0 heterocycles. The zero-order chi connectivity index (χ0) is 25.9. The Hall–Kier alpha value is -3.36. The van der Waals surface area contributed by atoms with Gasteiger partial charge in [-0.25, -0.2) is 5.43 Å². The maximum atomic E-state index is 12.1. The van der Waals surface area contributed by atoms with Gasteiger partial charge in [-0.15, -0.1) is 0 Å². The van der Waals surface area contributed by atoms with Crippen molar-refractivity contribution < 1.29 is 19.1 Å². The van der Waals surface area contributed by atoms with Crippen molar-refractivity contribution in [3.63, 3.8) is 0 Å². The zero-order valence-electron chi connectivity index (χ0n) is 20.0. The summed E-state index contributed by atoms with van der Waals surface area (Å²) in [5.41, 5.74) is 5.68. The normalized spacial score (nSPS) is 10.8. The molecule has 7 nitrogen and oxygen atoms in total. The summed E-state index contributed by atoms with van der Waals surface area (Å²) in [5, 5.41) is 7.29. The Morgan fingerprint density at radius 1 is 1.03 bits per heavy atom. The number of carbonyl (C=O) groups is 2. The van der Waals surface area contributed by atoms with Crippen molar-refractivity contribution in [3.05, 3.63) is 86.8 Å². The summed E-state index contributed by atoms with van der Waals surface area (Å²) in [6, 6.07) is 18.7. The van der Waals surface area contributed by atoms with Crippen molar-refractivity contribution in [2.75, 3.05) is 11.9 Å². The third-order valence-electron chi connectivity index (χ3n) is 5.00. The third kappa shape index (κ3) is 8.39. The van der Waals surface area contributed by atoms with Crippen LogP contribution in [0.1, 0.15) is 36.5 Å². The molecule has 0 aliphatic heterocycles. The molecule has 3 rings (SSSR count). The standard InChI is InChI=1S/C27H27BrClN3O4/c1-3-35-24-14-20(13-22(28)27(24)36-17-19-7-5-4-6-8-19)16-30-32-26(34)12-11-25(33)31-21-10-9-18(2)23(29)15-21/h4-10,13-16H,3,11-12,17H2,1-2H3,(H,31,33)(H,32,34). The first-order valence-electron chi connectivity index (χ1n) is 11.4. The van der Waals surface area contributed by atoms with E-state index in [1.54, 1.807) is 18.2 Å². The van der Waals surface area contributed by atoms with Crippen LogP contribution >= 0.6 is 27.5 Å². The summed E-state index contributed by atoms with van der Waals surface area (Å²) >= 11 is 9.60. The smallest absolute Gasteiger partial charge is 0.240 e. The van der Waals surface area contributed by atoms with Crippen molar-refractivity contribution >= 4 is 51.2 Å². The van der Waals surface area contributed by atoms with Crippen molar-refractivity contribution in [2.45, 2.75) is 33.3 Å². The van der Waals surface area contributed by atoms with Gasteiger partial charge in [-0.3, -0.25) is 9.59 Å². The molecular formula is C27H27BrClN3O4. The van der Waals surface area contributed by atoms with E-state index in [0.29, 0.717) is 45.5 Å². The second-order valence-electron chi connectivity index (χ2n) is 7.84. The third-order valence-corrected chi connectivity index (χ3v) is 5.99. The molecule has 0 saturated carbocycles. The molecule has 0 fully saturated rings. The topological polar surface area (TPSA) is 89.0 Å². The zero-order valence-corrected chi connectivity index (χ0v) is 22.4. The number of hydrogen-bond acceptors (Lipinski definition) is 5. The molecule has 2 N–H and O–H groups in total. The Balaban J connectivity index is 1.53. The summed E-state index contributed by atoms with van der Waals surface area (Å²) in [4.78, 5) is 24.2. The second-order valence-corrected chi connectivity index (χ2v) is 9.10. The van der Waals surface area contributed by atoms with Gasteiger partial charge in [-0.05, 0) is 70.7 Å². The minimum absolute atomic E-state index is 0.0110. The molecule has 0 saturated heterocycles. The van der Waals surface area contributed by atoms with E-state index >= 15 is 0 Å². The number of nitrogens with zero attached hydrogens (tertiary/aromatic N) is 1. The minimum Gasteiger partial charge on any atom is -0.490 e. The molecule has 0 bridgehead atoms. The molecule has 0 aliphatic rings. The van der Waals surface area contributed by atoms with E-state index < -0.39 is 0 Å². The van der Waals surface area contributed by atoms with Gasteiger partial charge >= 0.3 is 0 Å². The number of halogens is 2. The van der Waals surface area contributed by atoms with Crippen LogP contribution in [0.5, 0.6) is 11.5 Å². The lowest BCUT2D eigenvalue weighted by Crippen LogP contribution is -2.20. The Bertz CT molecular complexity index is 1240. The number of rotatable bonds is 11. The quantitative estimate of drug-likeness (QED) is 0.210. The molecule has 3 aromatic carbocycles. The first-order chi connectivity index (χ1) is 17.4. The van der Waals surface area contributed by atoms with E-state index in [2.05, 4.69) is 31.8 Å². The molecule has 3 aromatic rings. The van der Waals surface area contributed by atoms with Crippen LogP contribution in [-0.2, 0) is 16.2 Å². The van der Waals surface area contributed by atoms with E-state index in [0.717, 1.165) is 11.1 Å². The van der Waals surface area contributed by atoms with Crippen LogP contribution in [0.3, 0.4) is 0 Å². The Morgan fingerprint density at radius 3 is 2.50 bits per heavy atom. The molecule has 188 valence electrons. The predicted molar refractivity (Wildman–Crippen MR) is 146 cm³/mol. The Kier molecular flexibility index (Phi) is 10.3. The summed E-state index contributed by atoms with van der Waals surface area (Å²) in [6.07, 6.45) is 1.50. The summed E-state index contributed by atoms with van der Waals surface area (Å²) in [7, 11) is 0. The fourth-order valence-corrected chi connectivity index (χ4v) is 3.91. The number of ether oxygens (including phenoxy) is 2. The molecular weight excluding hydrogens is 546 g/mol. The fourth-order valence-electron chi connectivity index (χ4n) is 3.15. The summed E-state index contributed by atoms with van der Waals surface area (Å²) in [5.74, 6) is 0.479. The molecule has 0 atom stereocenters. The number of nitrogens with one attached hydrogen (secondary N) is 2. The highest BCUT2D eigenvalue weighted by molar-refractivity contribution is 9.10. The number of anilines is 1. The minimum atomic E-state index is -0.379. The maximum absolute atomic E-state index is 12.1. The van der Waals surface area contributed by atoms with Crippen LogP contribution < -0.4 is 20.2 Å². The lowest BCUT2D eigenvalue weighted by molar-refractivity contribution is -0.124. The van der Waals surface area contributed by atoms with Crippen molar-refractivity contribution in [1.29, 1.82) is 0 Å². The summed E-state index contributed by atoms with van der Waals surface area (Å²) < 4.78 is 12.4. The largest absolute Gasteiger partial charge is 0.490 e. The lowest BCUT2D eigenvalue weighted by Gasteiger charge is -2.14. The van der Waals surface area contributed by atoms with Gasteiger partial charge in [0.05, 0.1) is 17.3 Å². The number of hydrogen-bond donors (Lipinski definition) is 2. The monoisotopic (exact) mass is 571 g/mol. The van der Waals surface area contributed by atoms with E-state index in [-0.39, 0.29) is 24.7 Å². The number of amides is 2. The molecule has 0 unspecified atom stereocenters. The van der Waals surface area contributed by atoms with Gasteiger partial charge in [0.1, 0.15) is 6.61 Å². The van der Waals surface area contributed by atoms with Gasteiger partial charge in [-0.1, -0.05) is 48.0 Å². The highest BCUT2D eigenvalue weighted by Gasteiger charge is 2.13. The van der Waals surface area contributed by atoms with Gasteiger partial charge in [0, 0.05) is 23.6 Å². The second kappa shape index (κ2) is 13.7. The highest BCUT2D eigenvalue weighted by Crippen LogP contribution is 2.37. The number of aryl methyl sites for hydroxylation is 1. The highest BCUT2D eigenvalue weighted by atomic mass is 79.9. The molecule has 0 aliphatic carbocycles. The first kappa shape index (κ1) is 27.2. The Labute approximate surface area is 224 Å². The van der Waals surface area contributed by atoms with Crippen molar-refractivity contribution in [2.24, 2.45) is 5.10 Å². The van der Waals surface area contributed by atoms with Crippen molar-refractivity contribution in [3.8, 4) is 11.5 Å². The average Bonchev–Trinajstić information content (AvgIpc) is 2.85. The maximum Gasteiger partial charge on any atom is 0.240 e. The number of carbonyl (C=O) groups excluding carboxylic acids is 2. The van der Waals surface area contributed by atoms with Crippen LogP contribution in [0.15, 0.2) is 70.2 Å². The van der Waals surface area contributed by atoms with Crippen molar-refractivity contribution in [1.82, 2.24) is 5.43 Å². The van der Waals surface area contributed by atoms with Gasteiger partial charge in [0.2, 0.25) is 11.8 Å². The molecule has 36 heavy (non-hydrogen) atoms. The van der Waals surface area contributed by atoms with Crippen LogP contribution in [0, 0.1) is 6.92 Å². The summed E-state index contributed by atoms with van der Waals surface area (Å²) in [6.45, 7) is 4.62. The van der Waals surface area contributed by atoms with Gasteiger partial charge in [0.15, 0.2) is 11.5 Å². The van der Waals surface area contributed by atoms with Gasteiger partial charge < -0.3 is 14.8 Å². The SMILES string of the molecule is CCOc1cc(C=NNC(=O)CCC(=O)Nc2ccc(C)c(Cl)c2)cc(Br)c1OCc1ccccc1. The lowest BCUT2D eigenvalue weighted by atomic mass is 10.2. The fraction of sp³-hybridized carbons (Fsp3) is 0.222. The predicted octanol–water partition coefficient (Wildman–Crippen LogP) is 6.26. The van der Waals surface area contributed by atoms with Crippen LogP contribution in [0.2, 0.25) is 5.02 Å². The number of hydrazone groups is 1. The average molecular weight is 573 g/mol. The van der Waals surface area contributed by atoms with E-state index in [9.17, 15) is 9.59 Å². The first-order valence-corrected chi connectivity index (χ1v) is 12.5. The number of benzene rings is 3. The van der Waals surface area contributed by atoms with Crippen LogP contribution in [0.4, 0.5) is 5.69 Å². The van der Waals surface area contributed by atoms with E-state index in [1.165, 1.54) is 6.21 Å². The van der Waals surface area contributed by atoms with Crippen LogP contribution in [0.25, 0.3) is 0 Å². The van der Waals surface area contributed by atoms with E-state index in [4.69, 9.17) is 21.1 Å². The molecule has 0 spiro atoms. The van der Waals surface area contributed by atoms with E-state index in [1.807, 2.05) is 56.3 Å². The van der Waals surface area contributed by atoms with Gasteiger partial charge in [0.25, 0.3) is 0 Å². The Morgan fingerprint density at radius 2 is 1.78 bits per heavy atom. The molecule has 0 radical (unpaired) electrons. The van der Waals surface area contributed by atoms with Gasteiger partial charge in [-0.2, -0.15) is 5.10 Å². The molecule has 9 heteroatoms. The molecule has 0 aromatic heterocycles.